The first kappa shape index (κ1) is 20.8. The van der Waals surface area contributed by atoms with Crippen LogP contribution in [0.2, 0.25) is 0 Å². The third-order valence-corrected chi connectivity index (χ3v) is 6.10. The summed E-state index contributed by atoms with van der Waals surface area (Å²) in [5.41, 5.74) is 2.06. The number of piperazine rings is 1. The Morgan fingerprint density at radius 3 is 2.36 bits per heavy atom. The molecule has 1 aliphatic rings. The largest absolute Gasteiger partial charge is 0.369 e. The maximum atomic E-state index is 12.4. The molecule has 1 aromatic heterocycles. The summed E-state index contributed by atoms with van der Waals surface area (Å²) in [6.07, 6.45) is 0. The maximum Gasteiger partial charge on any atom is 0.238 e. The van der Waals surface area contributed by atoms with Gasteiger partial charge in [0.2, 0.25) is 5.91 Å². The zero-order chi connectivity index (χ0) is 19.9. The zero-order valence-corrected chi connectivity index (χ0v) is 18.0. The van der Waals surface area contributed by atoms with Gasteiger partial charge in [0.05, 0.1) is 6.54 Å². The van der Waals surface area contributed by atoms with E-state index in [-0.39, 0.29) is 5.91 Å². The van der Waals surface area contributed by atoms with Crippen LogP contribution in [0.4, 0.5) is 11.4 Å². The van der Waals surface area contributed by atoms with Crippen LogP contribution in [0, 0.1) is 0 Å². The number of thiophene rings is 1. The molecule has 0 atom stereocenters. The van der Waals surface area contributed by atoms with Gasteiger partial charge in [-0.2, -0.15) is 0 Å². The van der Waals surface area contributed by atoms with E-state index in [1.165, 1.54) is 10.6 Å². The van der Waals surface area contributed by atoms with E-state index in [2.05, 4.69) is 70.4 Å². The number of rotatable bonds is 8. The highest BCUT2D eigenvalue weighted by molar-refractivity contribution is 7.09. The molecule has 152 valence electrons. The van der Waals surface area contributed by atoms with Crippen LogP contribution in [0.5, 0.6) is 0 Å². The Morgan fingerprint density at radius 1 is 1.11 bits per heavy atom. The van der Waals surface area contributed by atoms with Gasteiger partial charge in [-0.1, -0.05) is 6.07 Å². The molecule has 1 saturated heterocycles. The molecule has 6 heteroatoms. The number of nitrogens with one attached hydrogen (secondary N) is 1. The second-order valence-corrected chi connectivity index (χ2v) is 8.64. The van der Waals surface area contributed by atoms with Crippen molar-refractivity contribution in [1.82, 2.24) is 9.80 Å². The van der Waals surface area contributed by atoms with Gasteiger partial charge in [0, 0.05) is 61.6 Å². The lowest BCUT2D eigenvalue weighted by atomic mass is 10.2. The van der Waals surface area contributed by atoms with Gasteiger partial charge in [0.1, 0.15) is 0 Å². The molecule has 0 spiro atoms. The smallest absolute Gasteiger partial charge is 0.238 e. The molecule has 0 unspecified atom stereocenters. The molecule has 1 fully saturated rings. The molecule has 5 nitrogen and oxygen atoms in total. The monoisotopic (exact) mass is 400 g/mol. The van der Waals surface area contributed by atoms with Crippen LogP contribution in [-0.4, -0.2) is 61.0 Å². The minimum Gasteiger partial charge on any atom is -0.369 e. The normalized spacial score (nSPS) is 15.7. The second-order valence-electron chi connectivity index (χ2n) is 7.61. The number of carbonyl (C=O) groups excluding carboxylic acids is 1. The maximum absolute atomic E-state index is 12.4. The average molecular weight is 401 g/mol. The lowest BCUT2D eigenvalue weighted by Crippen LogP contribution is -2.48. The zero-order valence-electron chi connectivity index (χ0n) is 17.2. The van der Waals surface area contributed by atoms with Crippen LogP contribution in [0.3, 0.4) is 0 Å². The van der Waals surface area contributed by atoms with Crippen LogP contribution in [-0.2, 0) is 11.3 Å². The number of nitrogens with zero attached hydrogens (tertiary/aromatic N) is 3. The van der Waals surface area contributed by atoms with E-state index in [1.807, 2.05) is 23.5 Å². The highest BCUT2D eigenvalue weighted by atomic mass is 32.1. The Balaban J connectivity index is 1.43. The van der Waals surface area contributed by atoms with E-state index in [9.17, 15) is 4.79 Å². The second kappa shape index (κ2) is 10.0. The van der Waals surface area contributed by atoms with Crippen LogP contribution >= 0.6 is 11.3 Å². The molecule has 1 N–H and O–H groups in total. The Morgan fingerprint density at radius 2 is 1.79 bits per heavy atom. The fraction of sp³-hybridized carbons (Fsp3) is 0.500. The molecule has 0 saturated carbocycles. The molecular formula is C22H32N4OS. The summed E-state index contributed by atoms with van der Waals surface area (Å²) in [7, 11) is 0. The first-order valence-corrected chi connectivity index (χ1v) is 11.1. The van der Waals surface area contributed by atoms with Crippen LogP contribution in [0.25, 0.3) is 0 Å². The molecule has 1 amide bonds. The molecule has 28 heavy (non-hydrogen) atoms. The van der Waals surface area contributed by atoms with Crippen molar-refractivity contribution in [1.29, 1.82) is 0 Å². The van der Waals surface area contributed by atoms with Gasteiger partial charge in [0.25, 0.3) is 0 Å². The topological polar surface area (TPSA) is 38.8 Å². The van der Waals surface area contributed by atoms with Crippen molar-refractivity contribution in [2.45, 2.75) is 33.4 Å². The summed E-state index contributed by atoms with van der Waals surface area (Å²) < 4.78 is 0. The van der Waals surface area contributed by atoms with Crippen LogP contribution < -0.4 is 10.2 Å². The molecule has 0 radical (unpaired) electrons. The number of anilines is 2. The van der Waals surface area contributed by atoms with Gasteiger partial charge in [-0.15, -0.1) is 11.3 Å². The molecule has 1 aliphatic heterocycles. The predicted octanol–water partition coefficient (Wildman–Crippen LogP) is 3.74. The highest BCUT2D eigenvalue weighted by Gasteiger charge is 2.19. The molecule has 2 aromatic rings. The van der Waals surface area contributed by atoms with E-state index >= 15 is 0 Å². The lowest BCUT2D eigenvalue weighted by Gasteiger charge is -2.34. The third kappa shape index (κ3) is 5.80. The van der Waals surface area contributed by atoms with Gasteiger partial charge in [-0.3, -0.25) is 14.6 Å². The fourth-order valence-corrected chi connectivity index (χ4v) is 4.46. The van der Waals surface area contributed by atoms with E-state index in [4.69, 9.17) is 0 Å². The summed E-state index contributed by atoms with van der Waals surface area (Å²) in [5, 5.41) is 5.17. The summed E-state index contributed by atoms with van der Waals surface area (Å²) in [6.45, 7) is 12.9. The Labute approximate surface area is 172 Å². The summed E-state index contributed by atoms with van der Waals surface area (Å²) in [6, 6.07) is 12.9. The first-order chi connectivity index (χ1) is 13.5. The quantitative estimate of drug-likeness (QED) is 0.733. The summed E-state index contributed by atoms with van der Waals surface area (Å²) >= 11 is 1.81. The lowest BCUT2D eigenvalue weighted by molar-refractivity contribution is -0.117. The predicted molar refractivity (Wildman–Crippen MR) is 119 cm³/mol. The van der Waals surface area contributed by atoms with Crippen molar-refractivity contribution < 1.29 is 4.79 Å². The number of carbonyl (C=O) groups is 1. The average Bonchev–Trinajstić information content (AvgIpc) is 3.18. The Hall–Kier alpha value is -1.89. The molecule has 2 heterocycles. The third-order valence-electron chi connectivity index (χ3n) is 5.24. The van der Waals surface area contributed by atoms with Crippen molar-refractivity contribution >= 4 is 28.6 Å². The minimum absolute atomic E-state index is 0.0654. The van der Waals surface area contributed by atoms with Gasteiger partial charge < -0.3 is 10.2 Å². The van der Waals surface area contributed by atoms with Gasteiger partial charge >= 0.3 is 0 Å². The number of benzene rings is 1. The molecule has 3 rings (SSSR count). The van der Waals surface area contributed by atoms with E-state index < -0.39 is 0 Å². The minimum atomic E-state index is 0.0654. The number of hydrogen-bond acceptors (Lipinski definition) is 5. The first-order valence-electron chi connectivity index (χ1n) is 10.2. The standard InChI is InChI=1S/C22H32N4OS/c1-4-26(18(2)3)20-9-7-19(8-10-20)23-22(27)17-25-13-11-24(12-14-25)16-21-6-5-15-28-21/h5-10,15,18H,4,11-14,16-17H2,1-3H3,(H,23,27). The van der Waals surface area contributed by atoms with E-state index in [1.54, 1.807) is 0 Å². The Kier molecular flexibility index (Phi) is 7.48. The summed E-state index contributed by atoms with van der Waals surface area (Å²) in [5.74, 6) is 0.0654. The van der Waals surface area contributed by atoms with Crippen molar-refractivity contribution in [3.05, 3.63) is 46.7 Å². The van der Waals surface area contributed by atoms with Gasteiger partial charge in [-0.05, 0) is 56.5 Å². The van der Waals surface area contributed by atoms with Crippen molar-refractivity contribution in [2.24, 2.45) is 0 Å². The molecule has 0 bridgehead atoms. The fourth-order valence-electron chi connectivity index (χ4n) is 3.71. The van der Waals surface area contributed by atoms with Gasteiger partial charge in [-0.25, -0.2) is 0 Å². The Bertz CT molecular complexity index is 722. The van der Waals surface area contributed by atoms with Crippen molar-refractivity contribution in [3.63, 3.8) is 0 Å². The van der Waals surface area contributed by atoms with Crippen molar-refractivity contribution in [3.8, 4) is 0 Å². The van der Waals surface area contributed by atoms with Crippen molar-refractivity contribution in [2.75, 3.05) is 49.5 Å². The summed E-state index contributed by atoms with van der Waals surface area (Å²) in [4.78, 5) is 20.9. The van der Waals surface area contributed by atoms with Crippen LogP contribution in [0.1, 0.15) is 25.6 Å². The molecular weight excluding hydrogens is 368 g/mol. The molecule has 1 aromatic carbocycles. The highest BCUT2D eigenvalue weighted by Crippen LogP contribution is 2.20. The van der Waals surface area contributed by atoms with Crippen LogP contribution in [0.15, 0.2) is 41.8 Å². The van der Waals surface area contributed by atoms with E-state index in [0.29, 0.717) is 12.6 Å². The van der Waals surface area contributed by atoms with E-state index in [0.717, 1.165) is 45.0 Å². The molecule has 0 aliphatic carbocycles. The number of hydrogen-bond donors (Lipinski definition) is 1. The van der Waals surface area contributed by atoms with Gasteiger partial charge in [0.15, 0.2) is 0 Å². The number of amides is 1. The SMILES string of the molecule is CCN(c1ccc(NC(=O)CN2CCN(Cc3cccs3)CC2)cc1)C(C)C.